The van der Waals surface area contributed by atoms with Crippen molar-refractivity contribution < 1.29 is 4.79 Å². The molecule has 0 fully saturated rings. The molecule has 9 heteroatoms. The summed E-state index contributed by atoms with van der Waals surface area (Å²) in [7, 11) is 0. The predicted octanol–water partition coefficient (Wildman–Crippen LogP) is 2.34. The van der Waals surface area contributed by atoms with Gasteiger partial charge in [0.05, 0.1) is 0 Å². The molecule has 0 bridgehead atoms. The summed E-state index contributed by atoms with van der Waals surface area (Å²) in [5.41, 5.74) is 0.853. The maximum absolute atomic E-state index is 12.6. The van der Waals surface area contributed by atoms with Gasteiger partial charge in [-0.1, -0.05) is 55.5 Å². The Kier molecular flexibility index (Phi) is 4.61. The monoisotopic (exact) mass is 343 g/mol. The molecule has 1 N–H and O–H groups in total. The van der Waals surface area contributed by atoms with Crippen LogP contribution in [0.2, 0.25) is 0 Å². The number of nitrogens with one attached hydrogen (secondary N) is 1. The average molecular weight is 343 g/mol. The van der Waals surface area contributed by atoms with Crippen molar-refractivity contribution in [1.29, 1.82) is 0 Å². The number of nitrogens with zero attached hydrogens (tertiary/aromatic N) is 6. The fraction of sp³-hybridized carbons (Fsp3) is 0.333. The van der Waals surface area contributed by atoms with E-state index in [2.05, 4.69) is 30.9 Å². The third-order valence-electron chi connectivity index (χ3n) is 3.37. The van der Waals surface area contributed by atoms with Crippen molar-refractivity contribution >= 4 is 22.4 Å². The Bertz CT molecular complexity index is 827. The Morgan fingerprint density at radius 1 is 1.17 bits per heavy atom. The summed E-state index contributed by atoms with van der Waals surface area (Å²) >= 11 is 1.32. The first-order valence-corrected chi connectivity index (χ1v) is 8.32. The molecule has 24 heavy (non-hydrogen) atoms. The Hall–Kier alpha value is -2.68. The van der Waals surface area contributed by atoms with Crippen LogP contribution in [0.3, 0.4) is 0 Å². The average Bonchev–Trinajstić information content (AvgIpc) is 3.17. The quantitative estimate of drug-likeness (QED) is 0.763. The number of carbonyl (C=O) groups is 1. The molecule has 0 saturated heterocycles. The second kappa shape index (κ2) is 6.83. The molecular formula is C15H17N7OS. The predicted molar refractivity (Wildman–Crippen MR) is 90.4 cm³/mol. The van der Waals surface area contributed by atoms with Gasteiger partial charge in [-0.15, -0.1) is 20.4 Å². The molecule has 1 unspecified atom stereocenters. The Morgan fingerprint density at radius 3 is 2.54 bits per heavy atom. The van der Waals surface area contributed by atoms with Gasteiger partial charge in [-0.2, -0.15) is 4.80 Å². The zero-order chi connectivity index (χ0) is 17.1. The topological polar surface area (TPSA) is 98.5 Å². The first-order chi connectivity index (χ1) is 11.5. The van der Waals surface area contributed by atoms with Crippen molar-refractivity contribution in [2.75, 3.05) is 5.32 Å². The highest BCUT2D eigenvalue weighted by Gasteiger charge is 2.28. The fourth-order valence-corrected chi connectivity index (χ4v) is 2.84. The lowest BCUT2D eigenvalue weighted by Gasteiger charge is -2.17. The number of amides is 1. The lowest BCUT2D eigenvalue weighted by atomic mass is 10.0. The van der Waals surface area contributed by atoms with E-state index in [4.69, 9.17) is 0 Å². The van der Waals surface area contributed by atoms with Gasteiger partial charge in [0, 0.05) is 5.56 Å². The number of benzene rings is 1. The van der Waals surface area contributed by atoms with Crippen molar-refractivity contribution in [1.82, 2.24) is 30.4 Å². The summed E-state index contributed by atoms with van der Waals surface area (Å²) in [6.07, 6.45) is 0. The number of aromatic nitrogens is 6. The third-order valence-corrected chi connectivity index (χ3v) is 4.12. The minimum Gasteiger partial charge on any atom is -0.299 e. The molecule has 0 aliphatic heterocycles. The van der Waals surface area contributed by atoms with Crippen LogP contribution in [-0.4, -0.2) is 36.3 Å². The minimum atomic E-state index is -0.584. The van der Waals surface area contributed by atoms with E-state index < -0.39 is 6.04 Å². The van der Waals surface area contributed by atoms with Crippen LogP contribution >= 0.6 is 11.3 Å². The first kappa shape index (κ1) is 16.2. The van der Waals surface area contributed by atoms with Crippen molar-refractivity contribution in [3.8, 4) is 11.4 Å². The highest BCUT2D eigenvalue weighted by Crippen LogP contribution is 2.21. The van der Waals surface area contributed by atoms with E-state index in [1.807, 2.05) is 51.1 Å². The molecule has 1 amide bonds. The van der Waals surface area contributed by atoms with Gasteiger partial charge in [0.15, 0.2) is 6.04 Å². The number of anilines is 1. The first-order valence-electron chi connectivity index (χ1n) is 7.50. The van der Waals surface area contributed by atoms with E-state index in [0.29, 0.717) is 11.0 Å². The summed E-state index contributed by atoms with van der Waals surface area (Å²) in [6, 6.07) is 8.94. The number of tetrazole rings is 1. The number of rotatable bonds is 5. The molecule has 124 valence electrons. The molecule has 8 nitrogen and oxygen atoms in total. The maximum atomic E-state index is 12.6. The van der Waals surface area contributed by atoms with Crippen LogP contribution in [0.4, 0.5) is 5.13 Å². The highest BCUT2D eigenvalue weighted by atomic mass is 32.1. The molecule has 0 radical (unpaired) electrons. The zero-order valence-electron chi connectivity index (χ0n) is 13.5. The molecule has 3 aromatic rings. The van der Waals surface area contributed by atoms with Crippen LogP contribution in [0.5, 0.6) is 0 Å². The van der Waals surface area contributed by atoms with Crippen LogP contribution in [-0.2, 0) is 4.79 Å². The van der Waals surface area contributed by atoms with E-state index in [0.717, 1.165) is 10.6 Å². The van der Waals surface area contributed by atoms with Crippen molar-refractivity contribution in [3.63, 3.8) is 0 Å². The van der Waals surface area contributed by atoms with Gasteiger partial charge in [0.25, 0.3) is 5.91 Å². The molecule has 2 heterocycles. The second-order valence-corrected chi connectivity index (χ2v) is 6.79. The van der Waals surface area contributed by atoms with Crippen LogP contribution in [0, 0.1) is 12.8 Å². The van der Waals surface area contributed by atoms with Crippen molar-refractivity contribution in [2.45, 2.75) is 26.8 Å². The smallest absolute Gasteiger partial charge is 0.253 e. The molecule has 0 aliphatic carbocycles. The van der Waals surface area contributed by atoms with E-state index in [9.17, 15) is 4.79 Å². The zero-order valence-corrected chi connectivity index (χ0v) is 14.4. The van der Waals surface area contributed by atoms with Gasteiger partial charge in [0.2, 0.25) is 11.0 Å². The van der Waals surface area contributed by atoms with Crippen LogP contribution in [0.25, 0.3) is 11.4 Å². The Balaban J connectivity index is 1.83. The minimum absolute atomic E-state index is 0.0168. The van der Waals surface area contributed by atoms with Gasteiger partial charge >= 0.3 is 0 Å². The lowest BCUT2D eigenvalue weighted by molar-refractivity contribution is -0.121. The largest absolute Gasteiger partial charge is 0.299 e. The van der Waals surface area contributed by atoms with E-state index in [1.54, 1.807) is 0 Å². The summed E-state index contributed by atoms with van der Waals surface area (Å²) in [6.45, 7) is 5.70. The fourth-order valence-electron chi connectivity index (χ4n) is 2.25. The van der Waals surface area contributed by atoms with E-state index in [-0.39, 0.29) is 11.8 Å². The summed E-state index contributed by atoms with van der Waals surface area (Å²) in [4.78, 5) is 14.0. The molecular weight excluding hydrogens is 326 g/mol. The SMILES string of the molecule is Cc1nnc(NC(=O)C(C(C)C)n2nnc(-c3ccccc3)n2)s1. The van der Waals surface area contributed by atoms with Gasteiger partial charge in [-0.25, -0.2) is 0 Å². The number of carbonyl (C=O) groups excluding carboxylic acids is 1. The third kappa shape index (κ3) is 3.46. The molecule has 3 rings (SSSR count). The summed E-state index contributed by atoms with van der Waals surface area (Å²) in [5.74, 6) is 0.232. The van der Waals surface area contributed by atoms with Crippen LogP contribution in [0.15, 0.2) is 30.3 Å². The molecule has 0 saturated carbocycles. The molecule has 1 aromatic carbocycles. The summed E-state index contributed by atoms with van der Waals surface area (Å²) < 4.78 is 0. The van der Waals surface area contributed by atoms with E-state index >= 15 is 0 Å². The standard InChI is InChI=1S/C15H17N7OS/c1-9(2)12(14(23)16-15-19-17-10(3)24-15)22-20-13(18-21-22)11-7-5-4-6-8-11/h4-9,12H,1-3H3,(H,16,19,23). The van der Waals surface area contributed by atoms with Gasteiger partial charge in [-0.05, 0) is 18.1 Å². The lowest BCUT2D eigenvalue weighted by Crippen LogP contribution is -2.31. The van der Waals surface area contributed by atoms with Gasteiger partial charge in [-0.3, -0.25) is 10.1 Å². The number of hydrogen-bond donors (Lipinski definition) is 1. The van der Waals surface area contributed by atoms with Crippen molar-refractivity contribution in [2.24, 2.45) is 5.92 Å². The maximum Gasteiger partial charge on any atom is 0.253 e. The van der Waals surface area contributed by atoms with Gasteiger partial charge in [0.1, 0.15) is 5.01 Å². The summed E-state index contributed by atoms with van der Waals surface area (Å²) in [5, 5.41) is 24.3. The Morgan fingerprint density at radius 2 is 1.92 bits per heavy atom. The molecule has 2 aromatic heterocycles. The second-order valence-electron chi connectivity index (χ2n) is 5.60. The highest BCUT2D eigenvalue weighted by molar-refractivity contribution is 7.15. The molecule has 0 spiro atoms. The van der Waals surface area contributed by atoms with Gasteiger partial charge < -0.3 is 0 Å². The van der Waals surface area contributed by atoms with E-state index in [1.165, 1.54) is 16.1 Å². The van der Waals surface area contributed by atoms with Crippen molar-refractivity contribution in [3.05, 3.63) is 35.3 Å². The molecule has 0 aliphatic rings. The van der Waals surface area contributed by atoms with Crippen LogP contribution < -0.4 is 5.32 Å². The number of hydrogen-bond acceptors (Lipinski definition) is 7. The van der Waals surface area contributed by atoms with Crippen LogP contribution in [0.1, 0.15) is 24.9 Å². The molecule has 1 atom stereocenters. The Labute approximate surface area is 142 Å². The number of aryl methyl sites for hydroxylation is 1. The normalized spacial score (nSPS) is 12.3.